The van der Waals surface area contributed by atoms with E-state index in [2.05, 4.69) is 20.3 Å². The van der Waals surface area contributed by atoms with Gasteiger partial charge < -0.3 is 15.0 Å². The number of carbonyl (C=O) groups is 2. The number of benzene rings is 1. The van der Waals surface area contributed by atoms with E-state index in [1.54, 1.807) is 12.1 Å². The summed E-state index contributed by atoms with van der Waals surface area (Å²) in [5, 5.41) is 11.0. The molecule has 0 atom stereocenters. The summed E-state index contributed by atoms with van der Waals surface area (Å²) >= 11 is 6.07. The van der Waals surface area contributed by atoms with Crippen molar-refractivity contribution in [2.24, 2.45) is 0 Å². The molecule has 0 radical (unpaired) electrons. The number of esters is 1. The van der Waals surface area contributed by atoms with E-state index >= 15 is 0 Å². The van der Waals surface area contributed by atoms with E-state index in [-0.39, 0.29) is 11.3 Å². The van der Waals surface area contributed by atoms with Crippen LogP contribution in [-0.2, 0) is 4.74 Å². The number of methoxy groups -OCH3 is 1. The minimum Gasteiger partial charge on any atom is -0.465 e. The maximum absolute atomic E-state index is 12.3. The number of amides is 1. The third kappa shape index (κ3) is 4.45. The normalized spacial score (nSPS) is 10.2. The number of hydrogen-bond acceptors (Lipinski definition) is 6. The number of hydrogen-bond donors (Lipinski definition) is 1. The molecule has 2 aromatic rings. The lowest BCUT2D eigenvalue weighted by molar-refractivity contribution is 0.0600. The van der Waals surface area contributed by atoms with Crippen LogP contribution in [0.3, 0.4) is 0 Å². The van der Waals surface area contributed by atoms with Crippen molar-refractivity contribution < 1.29 is 14.3 Å². The van der Waals surface area contributed by atoms with Gasteiger partial charge in [-0.2, -0.15) is 0 Å². The second-order valence-electron chi connectivity index (χ2n) is 5.09. The Hall–Kier alpha value is -2.67. The fourth-order valence-corrected chi connectivity index (χ4v) is 2.38. The molecule has 1 N–H and O–H groups in total. The Balaban J connectivity index is 2.18. The zero-order valence-corrected chi connectivity index (χ0v) is 15.0. The van der Waals surface area contributed by atoms with Crippen LogP contribution in [0.25, 0.3) is 0 Å². The number of carbonyl (C=O) groups excluding carboxylic acids is 2. The summed E-state index contributed by atoms with van der Waals surface area (Å²) in [6, 6.07) is 7.81. The van der Waals surface area contributed by atoms with E-state index in [0.29, 0.717) is 16.5 Å². The van der Waals surface area contributed by atoms with Crippen LogP contribution in [-0.4, -0.2) is 42.3 Å². The highest BCUT2D eigenvalue weighted by Gasteiger charge is 2.14. The van der Waals surface area contributed by atoms with E-state index in [1.165, 1.54) is 25.3 Å². The van der Waals surface area contributed by atoms with E-state index in [1.807, 2.05) is 18.7 Å². The van der Waals surface area contributed by atoms with Crippen molar-refractivity contribution in [1.82, 2.24) is 10.2 Å². The molecule has 1 aromatic heterocycles. The average molecular weight is 363 g/mol. The second-order valence-corrected chi connectivity index (χ2v) is 5.50. The Bertz CT molecular complexity index is 761. The van der Waals surface area contributed by atoms with E-state index < -0.39 is 11.9 Å². The Morgan fingerprint density at radius 3 is 2.44 bits per heavy atom. The molecule has 0 bridgehead atoms. The van der Waals surface area contributed by atoms with Gasteiger partial charge in [-0.15, -0.1) is 10.2 Å². The maximum Gasteiger partial charge on any atom is 0.337 e. The molecule has 0 fully saturated rings. The maximum atomic E-state index is 12.3. The largest absolute Gasteiger partial charge is 0.465 e. The predicted octanol–water partition coefficient (Wildman–Crippen LogP) is 3.02. The SMILES string of the molecule is CCN(CC)c1ccc(C(=O)Nc2cc(C(=O)OC)ccc2Cl)nn1. The molecule has 0 aliphatic carbocycles. The standard InChI is InChI=1S/C17H19ClN4O3/c1-4-22(5-2)15-9-8-13(20-21-15)16(23)19-14-10-11(17(24)25-3)6-7-12(14)18/h6-10H,4-5H2,1-3H3,(H,19,23). The van der Waals surface area contributed by atoms with E-state index in [9.17, 15) is 9.59 Å². The fraction of sp³-hybridized carbons (Fsp3) is 0.294. The summed E-state index contributed by atoms with van der Waals surface area (Å²) < 4.78 is 4.66. The Morgan fingerprint density at radius 2 is 1.88 bits per heavy atom. The summed E-state index contributed by atoms with van der Waals surface area (Å²) in [7, 11) is 1.28. The van der Waals surface area contributed by atoms with Crippen LogP contribution in [0.4, 0.5) is 11.5 Å². The summed E-state index contributed by atoms with van der Waals surface area (Å²) in [6.45, 7) is 5.63. The number of rotatable bonds is 6. The zero-order chi connectivity index (χ0) is 18.4. The van der Waals surface area contributed by atoms with Gasteiger partial charge in [0.15, 0.2) is 11.5 Å². The first-order valence-electron chi connectivity index (χ1n) is 7.78. The summed E-state index contributed by atoms with van der Waals surface area (Å²) in [5.74, 6) is -0.287. The fourth-order valence-electron chi connectivity index (χ4n) is 2.21. The lowest BCUT2D eigenvalue weighted by atomic mass is 10.2. The Kier molecular flexibility index (Phi) is 6.30. The van der Waals surface area contributed by atoms with Gasteiger partial charge >= 0.3 is 5.97 Å². The van der Waals surface area contributed by atoms with Crippen molar-refractivity contribution in [2.45, 2.75) is 13.8 Å². The number of nitrogens with one attached hydrogen (secondary N) is 1. The van der Waals surface area contributed by atoms with Gasteiger partial charge in [0.25, 0.3) is 5.91 Å². The number of aromatic nitrogens is 2. The molecule has 0 saturated carbocycles. The third-order valence-electron chi connectivity index (χ3n) is 3.61. The quantitative estimate of drug-likeness (QED) is 0.795. The van der Waals surface area contributed by atoms with Crippen molar-refractivity contribution in [3.8, 4) is 0 Å². The summed E-state index contributed by atoms with van der Waals surface area (Å²) in [6.07, 6.45) is 0. The first-order valence-corrected chi connectivity index (χ1v) is 8.15. The minimum atomic E-state index is -0.518. The number of halogens is 1. The zero-order valence-electron chi connectivity index (χ0n) is 14.2. The molecular weight excluding hydrogens is 344 g/mol. The van der Waals surface area contributed by atoms with Crippen LogP contribution < -0.4 is 10.2 Å². The molecule has 1 aromatic carbocycles. The molecule has 0 saturated heterocycles. The number of ether oxygens (including phenoxy) is 1. The predicted molar refractivity (Wildman–Crippen MR) is 96.3 cm³/mol. The van der Waals surface area contributed by atoms with Crippen molar-refractivity contribution in [3.63, 3.8) is 0 Å². The average Bonchev–Trinajstić information content (AvgIpc) is 2.64. The molecule has 8 heteroatoms. The van der Waals surface area contributed by atoms with Crippen molar-refractivity contribution >= 4 is 35.0 Å². The summed E-state index contributed by atoms with van der Waals surface area (Å²) in [5.41, 5.74) is 0.727. The molecule has 132 valence electrons. The van der Waals surface area contributed by atoms with E-state index in [0.717, 1.165) is 13.1 Å². The van der Waals surface area contributed by atoms with Crippen LogP contribution >= 0.6 is 11.6 Å². The van der Waals surface area contributed by atoms with Gasteiger partial charge in [-0.05, 0) is 44.2 Å². The van der Waals surface area contributed by atoms with Gasteiger partial charge in [0.1, 0.15) is 0 Å². The molecular formula is C17H19ClN4O3. The van der Waals surface area contributed by atoms with E-state index in [4.69, 9.17) is 11.6 Å². The lowest BCUT2D eigenvalue weighted by Gasteiger charge is -2.18. The van der Waals surface area contributed by atoms with Gasteiger partial charge in [-0.25, -0.2) is 4.79 Å². The van der Waals surface area contributed by atoms with Gasteiger partial charge in [0, 0.05) is 13.1 Å². The number of anilines is 2. The Labute approximate surface area is 151 Å². The van der Waals surface area contributed by atoms with Gasteiger partial charge in [-0.1, -0.05) is 11.6 Å². The van der Waals surface area contributed by atoms with Crippen LogP contribution in [0, 0.1) is 0 Å². The molecule has 0 aliphatic rings. The summed E-state index contributed by atoms with van der Waals surface area (Å²) in [4.78, 5) is 25.9. The first kappa shape index (κ1) is 18.7. The second kappa shape index (κ2) is 8.43. The molecule has 1 heterocycles. The topological polar surface area (TPSA) is 84.4 Å². The van der Waals surface area contributed by atoms with Crippen LogP contribution in [0.2, 0.25) is 5.02 Å². The smallest absolute Gasteiger partial charge is 0.337 e. The van der Waals surface area contributed by atoms with Crippen LogP contribution in [0.15, 0.2) is 30.3 Å². The molecule has 2 rings (SSSR count). The molecule has 0 spiro atoms. The van der Waals surface area contributed by atoms with Crippen molar-refractivity contribution in [2.75, 3.05) is 30.4 Å². The van der Waals surface area contributed by atoms with Gasteiger partial charge in [0.05, 0.1) is 23.4 Å². The van der Waals surface area contributed by atoms with Crippen LogP contribution in [0.5, 0.6) is 0 Å². The Morgan fingerprint density at radius 1 is 1.16 bits per heavy atom. The lowest BCUT2D eigenvalue weighted by Crippen LogP contribution is -2.24. The highest BCUT2D eigenvalue weighted by Crippen LogP contribution is 2.24. The molecule has 7 nitrogen and oxygen atoms in total. The number of nitrogens with zero attached hydrogens (tertiary/aromatic N) is 3. The molecule has 0 unspecified atom stereocenters. The first-order chi connectivity index (χ1) is 12.0. The monoisotopic (exact) mass is 362 g/mol. The van der Waals surface area contributed by atoms with Gasteiger partial charge in [0.2, 0.25) is 0 Å². The third-order valence-corrected chi connectivity index (χ3v) is 3.94. The van der Waals surface area contributed by atoms with Crippen molar-refractivity contribution in [1.29, 1.82) is 0 Å². The highest BCUT2D eigenvalue weighted by atomic mass is 35.5. The molecule has 1 amide bonds. The minimum absolute atomic E-state index is 0.149. The highest BCUT2D eigenvalue weighted by molar-refractivity contribution is 6.34. The van der Waals surface area contributed by atoms with Crippen LogP contribution in [0.1, 0.15) is 34.7 Å². The molecule has 25 heavy (non-hydrogen) atoms. The van der Waals surface area contributed by atoms with Crippen molar-refractivity contribution in [3.05, 3.63) is 46.6 Å². The molecule has 0 aliphatic heterocycles. The van der Waals surface area contributed by atoms with Gasteiger partial charge in [-0.3, -0.25) is 4.79 Å².